The van der Waals surface area contributed by atoms with E-state index in [0.717, 1.165) is 36.9 Å². The van der Waals surface area contributed by atoms with Gasteiger partial charge in [0.25, 0.3) is 0 Å². The molecule has 0 saturated carbocycles. The van der Waals surface area contributed by atoms with Gasteiger partial charge in [-0.2, -0.15) is 0 Å². The van der Waals surface area contributed by atoms with Crippen LogP contribution in [0.5, 0.6) is 0 Å². The number of carbonyl (C=O) groups excluding carboxylic acids is 1. The largest absolute Gasteiger partial charge is 0.478 e. The van der Waals surface area contributed by atoms with Crippen LogP contribution >= 0.6 is 0 Å². The normalized spacial score (nSPS) is 18.1. The van der Waals surface area contributed by atoms with E-state index in [2.05, 4.69) is 38.7 Å². The van der Waals surface area contributed by atoms with Crippen molar-refractivity contribution in [1.29, 1.82) is 0 Å². The predicted molar refractivity (Wildman–Crippen MR) is 141 cm³/mol. The zero-order chi connectivity index (χ0) is 26.0. The summed E-state index contributed by atoms with van der Waals surface area (Å²) in [6.07, 6.45) is 3.65. The van der Waals surface area contributed by atoms with Crippen molar-refractivity contribution in [3.05, 3.63) is 80.2 Å². The lowest BCUT2D eigenvalue weighted by Crippen LogP contribution is -2.44. The quantitative estimate of drug-likeness (QED) is 0.279. The Bertz CT molecular complexity index is 1500. The smallest absolute Gasteiger partial charge is 0.347 e. The monoisotopic (exact) mass is 485 g/mol. The van der Waals surface area contributed by atoms with Crippen LogP contribution in [-0.4, -0.2) is 29.9 Å². The Morgan fingerprint density at radius 2 is 1.64 bits per heavy atom. The molecule has 6 nitrogen and oxygen atoms in total. The van der Waals surface area contributed by atoms with Gasteiger partial charge in [0.1, 0.15) is 11.1 Å². The van der Waals surface area contributed by atoms with Gasteiger partial charge in [0.15, 0.2) is 5.78 Å². The Kier molecular flexibility index (Phi) is 5.47. The molecule has 0 aliphatic carbocycles. The summed E-state index contributed by atoms with van der Waals surface area (Å²) >= 11 is 0. The van der Waals surface area contributed by atoms with Gasteiger partial charge >= 0.3 is 11.6 Å². The number of hydrogen-bond donors (Lipinski definition) is 1. The Morgan fingerprint density at radius 1 is 1.00 bits per heavy atom. The number of carbonyl (C=O) groups is 2. The molecule has 1 N–H and O–H groups in total. The van der Waals surface area contributed by atoms with Gasteiger partial charge in [-0.05, 0) is 77.6 Å². The number of allylic oxidation sites excluding steroid dienone is 1. The highest BCUT2D eigenvalue weighted by atomic mass is 16.4. The number of hydrogen-bond acceptors (Lipinski definition) is 5. The lowest BCUT2D eigenvalue weighted by atomic mass is 9.69. The number of aromatic carboxylic acids is 1. The molecule has 0 saturated heterocycles. The van der Waals surface area contributed by atoms with Gasteiger partial charge in [-0.3, -0.25) is 4.79 Å². The van der Waals surface area contributed by atoms with E-state index in [-0.39, 0.29) is 22.0 Å². The summed E-state index contributed by atoms with van der Waals surface area (Å²) in [6.45, 7) is 12.5. The molecule has 2 aliphatic rings. The summed E-state index contributed by atoms with van der Waals surface area (Å²) in [7, 11) is 0. The minimum absolute atomic E-state index is 0.00430. The SMILES string of the molecule is C/C(=C\c1ccc(C(=O)O)cc1)C(=O)c1cc2cc3c4c(c2oc1=O)C(C)(C)CCN4CCC3(C)C. The maximum Gasteiger partial charge on any atom is 0.347 e. The molecule has 0 unspecified atom stereocenters. The van der Waals surface area contributed by atoms with Crippen molar-refractivity contribution in [3.8, 4) is 0 Å². The summed E-state index contributed by atoms with van der Waals surface area (Å²) in [4.78, 5) is 40.0. The Balaban J connectivity index is 1.64. The molecule has 3 heterocycles. The minimum atomic E-state index is -1.01. The van der Waals surface area contributed by atoms with E-state index >= 15 is 0 Å². The first-order chi connectivity index (χ1) is 16.9. The van der Waals surface area contributed by atoms with E-state index in [9.17, 15) is 14.4 Å². The Hall–Kier alpha value is -3.67. The summed E-state index contributed by atoms with van der Waals surface area (Å²) in [5.74, 6) is -1.41. The van der Waals surface area contributed by atoms with Gasteiger partial charge in [0.05, 0.1) is 5.56 Å². The van der Waals surface area contributed by atoms with Crippen molar-refractivity contribution in [2.45, 2.75) is 58.3 Å². The molecular weight excluding hydrogens is 454 g/mol. The molecule has 2 aromatic carbocycles. The number of benzene rings is 2. The van der Waals surface area contributed by atoms with Crippen LogP contribution in [0.1, 0.15) is 84.9 Å². The van der Waals surface area contributed by atoms with E-state index in [0.29, 0.717) is 16.7 Å². The molecule has 186 valence electrons. The van der Waals surface area contributed by atoms with Crippen LogP contribution in [0.4, 0.5) is 5.69 Å². The van der Waals surface area contributed by atoms with Crippen LogP contribution in [0.2, 0.25) is 0 Å². The van der Waals surface area contributed by atoms with Gasteiger partial charge < -0.3 is 14.4 Å². The fourth-order valence-corrected chi connectivity index (χ4v) is 5.56. The maximum atomic E-state index is 13.3. The molecule has 0 atom stereocenters. The van der Waals surface area contributed by atoms with Crippen molar-refractivity contribution < 1.29 is 19.1 Å². The molecule has 36 heavy (non-hydrogen) atoms. The van der Waals surface area contributed by atoms with Gasteiger partial charge in [-0.25, -0.2) is 9.59 Å². The van der Waals surface area contributed by atoms with Crippen molar-refractivity contribution in [2.24, 2.45) is 0 Å². The highest BCUT2D eigenvalue weighted by Gasteiger charge is 2.42. The zero-order valence-corrected chi connectivity index (χ0v) is 21.4. The number of fused-ring (bicyclic) bond motifs is 2. The predicted octanol–water partition coefficient (Wildman–Crippen LogP) is 5.95. The van der Waals surface area contributed by atoms with Crippen LogP contribution in [0.15, 0.2) is 51.2 Å². The third-order valence-corrected chi connectivity index (χ3v) is 7.87. The summed E-state index contributed by atoms with van der Waals surface area (Å²) in [5.41, 5.74) is 4.47. The third-order valence-electron chi connectivity index (χ3n) is 7.87. The standard InChI is InChI=1S/C30H31NO5/c1-17(14-18-6-8-19(9-7-18)27(33)34)25(32)21-15-20-16-22-24-23(26(20)36-28(21)35)30(4,5)11-13-31(24)12-10-29(22,2)3/h6-9,14-16H,10-13H2,1-5H3,(H,33,34)/b17-14+. The first kappa shape index (κ1) is 24.0. The van der Waals surface area contributed by atoms with Gasteiger partial charge in [-0.15, -0.1) is 0 Å². The van der Waals surface area contributed by atoms with Crippen LogP contribution in [-0.2, 0) is 10.8 Å². The maximum absolute atomic E-state index is 13.3. The van der Waals surface area contributed by atoms with Crippen LogP contribution < -0.4 is 10.5 Å². The number of rotatable bonds is 4. The van der Waals surface area contributed by atoms with Crippen LogP contribution in [0.3, 0.4) is 0 Å². The topological polar surface area (TPSA) is 87.8 Å². The number of carboxylic acid groups (broad SMARTS) is 1. The van der Waals surface area contributed by atoms with Crippen molar-refractivity contribution in [1.82, 2.24) is 0 Å². The lowest BCUT2D eigenvalue weighted by molar-refractivity contribution is 0.0696. The number of anilines is 1. The molecule has 0 amide bonds. The summed E-state index contributed by atoms with van der Waals surface area (Å²) in [5, 5.41) is 9.86. The summed E-state index contributed by atoms with van der Waals surface area (Å²) in [6, 6.07) is 10.0. The fraction of sp³-hybridized carbons (Fsp3) is 0.367. The van der Waals surface area contributed by atoms with Gasteiger partial charge in [-0.1, -0.05) is 39.8 Å². The average Bonchev–Trinajstić information content (AvgIpc) is 2.81. The summed E-state index contributed by atoms with van der Waals surface area (Å²) < 4.78 is 5.93. The molecule has 5 rings (SSSR count). The van der Waals surface area contributed by atoms with Gasteiger partial charge in [0.2, 0.25) is 0 Å². The number of Topliss-reactive ketones (excluding diaryl/α,β-unsaturated/α-hetero) is 1. The first-order valence-corrected chi connectivity index (χ1v) is 12.4. The van der Waals surface area contributed by atoms with E-state index in [1.807, 2.05) is 0 Å². The van der Waals surface area contributed by atoms with E-state index in [1.165, 1.54) is 23.4 Å². The molecule has 0 radical (unpaired) electrons. The van der Waals surface area contributed by atoms with Crippen molar-refractivity contribution in [2.75, 3.05) is 18.0 Å². The number of nitrogens with zero attached hydrogens (tertiary/aromatic N) is 1. The fourth-order valence-electron chi connectivity index (χ4n) is 5.56. The van der Waals surface area contributed by atoms with Crippen LogP contribution in [0, 0.1) is 0 Å². The second-order valence-corrected chi connectivity index (χ2v) is 11.4. The molecule has 0 fully saturated rings. The highest BCUT2D eigenvalue weighted by molar-refractivity contribution is 6.12. The number of ketones is 1. The van der Waals surface area contributed by atoms with Gasteiger partial charge in [0, 0.05) is 29.7 Å². The van der Waals surface area contributed by atoms with E-state index < -0.39 is 17.4 Å². The minimum Gasteiger partial charge on any atom is -0.478 e. The molecule has 0 spiro atoms. The third kappa shape index (κ3) is 3.85. The molecule has 6 heteroatoms. The highest BCUT2D eigenvalue weighted by Crippen LogP contribution is 2.51. The molecule has 2 aliphatic heterocycles. The Morgan fingerprint density at radius 3 is 2.28 bits per heavy atom. The van der Waals surface area contributed by atoms with E-state index in [4.69, 9.17) is 9.52 Å². The second-order valence-electron chi connectivity index (χ2n) is 11.4. The van der Waals surface area contributed by atoms with Crippen molar-refractivity contribution >= 4 is 34.5 Å². The Labute approximate surface area is 210 Å². The van der Waals surface area contributed by atoms with E-state index in [1.54, 1.807) is 31.2 Å². The first-order valence-electron chi connectivity index (χ1n) is 12.4. The molecule has 1 aromatic heterocycles. The average molecular weight is 486 g/mol. The second kappa shape index (κ2) is 8.19. The lowest BCUT2D eigenvalue weighted by Gasteiger charge is -2.48. The molecular formula is C30H31NO5. The number of carboxylic acids is 1. The van der Waals surface area contributed by atoms with Crippen molar-refractivity contribution in [3.63, 3.8) is 0 Å². The zero-order valence-electron chi connectivity index (χ0n) is 21.4. The van der Waals surface area contributed by atoms with Crippen LogP contribution in [0.25, 0.3) is 17.0 Å². The molecule has 3 aromatic rings. The molecule has 0 bridgehead atoms.